The van der Waals surface area contributed by atoms with Crippen molar-refractivity contribution in [2.24, 2.45) is 23.7 Å². The van der Waals surface area contributed by atoms with Crippen LogP contribution in [0.3, 0.4) is 0 Å². The van der Waals surface area contributed by atoms with Crippen LogP contribution in [0.15, 0.2) is 54.1 Å². The molecule has 0 aromatic heterocycles. The SMILES string of the molecule is CS(=O)(=O)OCCCCCCOc1ccc(C(=C2C3CC4CC(C3)CC2C4)c2ccc(OCCCCCCOS(C)(=O)=O)cc2)cc1. The van der Waals surface area contributed by atoms with E-state index in [0.29, 0.717) is 25.0 Å². The highest BCUT2D eigenvalue weighted by atomic mass is 32.2. The van der Waals surface area contributed by atoms with Gasteiger partial charge in [-0.05, 0) is 135 Å². The Morgan fingerprint density at radius 3 is 1.26 bits per heavy atom. The largest absolute Gasteiger partial charge is 0.494 e. The van der Waals surface area contributed by atoms with Crippen molar-refractivity contribution in [3.8, 4) is 11.5 Å². The summed E-state index contributed by atoms with van der Waals surface area (Å²) >= 11 is 0. The molecule has 10 heteroatoms. The molecule has 4 fully saturated rings. The van der Waals surface area contributed by atoms with Crippen molar-refractivity contribution in [1.29, 1.82) is 0 Å². The minimum absolute atomic E-state index is 0.242. The second-order valence-electron chi connectivity index (χ2n) is 13.8. The van der Waals surface area contributed by atoms with Crippen LogP contribution in [0.2, 0.25) is 0 Å². The monoisotopic (exact) mass is 688 g/mol. The third kappa shape index (κ3) is 11.3. The first-order valence-corrected chi connectivity index (χ1v) is 21.1. The van der Waals surface area contributed by atoms with Crippen molar-refractivity contribution in [2.45, 2.75) is 83.5 Å². The highest BCUT2D eigenvalue weighted by Crippen LogP contribution is 2.58. The van der Waals surface area contributed by atoms with E-state index in [2.05, 4.69) is 48.5 Å². The maximum atomic E-state index is 11.1. The van der Waals surface area contributed by atoms with Crippen LogP contribution in [0.1, 0.15) is 94.6 Å². The highest BCUT2D eigenvalue weighted by Gasteiger charge is 2.46. The molecule has 260 valence electrons. The van der Waals surface area contributed by atoms with Crippen LogP contribution in [0.25, 0.3) is 5.57 Å². The van der Waals surface area contributed by atoms with E-state index in [4.69, 9.17) is 17.8 Å². The molecule has 0 aliphatic heterocycles. The standard InChI is InChI=1S/C37H52O8S2/c1-46(38,39)44-21-9-5-3-7-19-42-34-15-11-30(12-16-34)36(37-32-24-28-23-29(26-32)27-33(37)25-28)31-13-17-35(18-14-31)43-20-8-4-6-10-22-45-47(2,40)41/h11-18,28-29,32-33H,3-10,19-27H2,1-2H3. The second kappa shape index (κ2) is 16.8. The minimum Gasteiger partial charge on any atom is -0.494 e. The molecule has 4 aliphatic rings. The van der Waals surface area contributed by atoms with Gasteiger partial charge in [0.2, 0.25) is 0 Å². The summed E-state index contributed by atoms with van der Waals surface area (Å²) in [6, 6.07) is 17.3. The fraction of sp³-hybridized carbons (Fsp3) is 0.622. The summed E-state index contributed by atoms with van der Waals surface area (Å²) in [5, 5.41) is 0. The molecule has 0 unspecified atom stereocenters. The van der Waals surface area contributed by atoms with Crippen LogP contribution >= 0.6 is 0 Å². The Labute approximate surface area is 282 Å². The Kier molecular flexibility index (Phi) is 12.8. The normalized spacial score (nSPS) is 22.0. The molecule has 0 heterocycles. The summed E-state index contributed by atoms with van der Waals surface area (Å²) in [6.07, 6.45) is 15.9. The smallest absolute Gasteiger partial charge is 0.264 e. The van der Waals surface area contributed by atoms with Gasteiger partial charge in [-0.1, -0.05) is 42.7 Å². The number of benzene rings is 2. The first-order chi connectivity index (χ1) is 22.5. The third-order valence-corrected chi connectivity index (χ3v) is 11.0. The molecule has 4 bridgehead atoms. The van der Waals surface area contributed by atoms with Gasteiger partial charge in [-0.2, -0.15) is 16.8 Å². The van der Waals surface area contributed by atoms with E-state index in [0.717, 1.165) is 87.2 Å². The molecule has 8 nitrogen and oxygen atoms in total. The van der Waals surface area contributed by atoms with Gasteiger partial charge in [-0.3, -0.25) is 8.37 Å². The minimum atomic E-state index is -3.36. The molecule has 0 amide bonds. The maximum absolute atomic E-state index is 11.1. The zero-order valence-corrected chi connectivity index (χ0v) is 29.7. The quantitative estimate of drug-likeness (QED) is 0.103. The lowest BCUT2D eigenvalue weighted by Crippen LogP contribution is -2.40. The topological polar surface area (TPSA) is 105 Å². The van der Waals surface area contributed by atoms with Crippen molar-refractivity contribution in [1.82, 2.24) is 0 Å². The number of rotatable bonds is 20. The van der Waals surface area contributed by atoms with Crippen LogP contribution in [-0.2, 0) is 28.6 Å². The van der Waals surface area contributed by atoms with E-state index in [-0.39, 0.29) is 13.2 Å². The average Bonchev–Trinajstić information content (AvgIpc) is 3.01. The van der Waals surface area contributed by atoms with E-state index < -0.39 is 20.2 Å². The summed E-state index contributed by atoms with van der Waals surface area (Å²) in [7, 11) is -6.72. The number of hydrogen-bond donors (Lipinski definition) is 0. The second-order valence-corrected chi connectivity index (χ2v) is 17.0. The van der Waals surface area contributed by atoms with E-state index in [1.54, 1.807) is 5.57 Å². The van der Waals surface area contributed by atoms with E-state index in [1.165, 1.54) is 48.8 Å². The van der Waals surface area contributed by atoms with Crippen LogP contribution in [0, 0.1) is 23.7 Å². The zero-order chi connectivity index (χ0) is 33.3. The van der Waals surface area contributed by atoms with Crippen LogP contribution in [0.5, 0.6) is 11.5 Å². The molecule has 6 rings (SSSR count). The fourth-order valence-corrected chi connectivity index (χ4v) is 8.79. The summed E-state index contributed by atoms with van der Waals surface area (Å²) in [6.45, 7) is 1.75. The lowest BCUT2D eigenvalue weighted by molar-refractivity contribution is 0.0705. The van der Waals surface area contributed by atoms with Gasteiger partial charge in [0.1, 0.15) is 11.5 Å². The molecule has 0 radical (unpaired) electrons. The molecule has 0 saturated heterocycles. The molecule has 2 aromatic carbocycles. The molecule has 2 aromatic rings. The van der Waals surface area contributed by atoms with Crippen molar-refractivity contribution in [3.63, 3.8) is 0 Å². The molecular weight excluding hydrogens is 637 g/mol. The number of allylic oxidation sites excluding steroid dienone is 1. The van der Waals surface area contributed by atoms with Gasteiger partial charge in [0.25, 0.3) is 20.2 Å². The zero-order valence-electron chi connectivity index (χ0n) is 28.0. The van der Waals surface area contributed by atoms with Crippen LogP contribution in [0.4, 0.5) is 0 Å². The van der Waals surface area contributed by atoms with Crippen molar-refractivity contribution >= 4 is 25.8 Å². The van der Waals surface area contributed by atoms with Gasteiger partial charge in [-0.25, -0.2) is 0 Å². The first kappa shape index (κ1) is 35.9. The fourth-order valence-electron chi connectivity index (χ4n) is 7.95. The Morgan fingerprint density at radius 2 is 0.894 bits per heavy atom. The predicted octanol–water partition coefficient (Wildman–Crippen LogP) is 7.78. The van der Waals surface area contributed by atoms with Crippen LogP contribution < -0.4 is 9.47 Å². The van der Waals surface area contributed by atoms with E-state index >= 15 is 0 Å². The maximum Gasteiger partial charge on any atom is 0.264 e. The van der Waals surface area contributed by atoms with Gasteiger partial charge >= 0.3 is 0 Å². The highest BCUT2D eigenvalue weighted by molar-refractivity contribution is 7.86. The summed E-state index contributed by atoms with van der Waals surface area (Å²) in [5.41, 5.74) is 5.56. The van der Waals surface area contributed by atoms with Gasteiger partial charge in [0.05, 0.1) is 38.9 Å². The van der Waals surface area contributed by atoms with Crippen molar-refractivity contribution < 1.29 is 34.7 Å². The Bertz CT molecular complexity index is 1410. The molecular formula is C37H52O8S2. The van der Waals surface area contributed by atoms with Crippen molar-refractivity contribution in [2.75, 3.05) is 38.9 Å². The molecule has 4 saturated carbocycles. The Hall–Kier alpha value is -2.40. The van der Waals surface area contributed by atoms with Gasteiger partial charge < -0.3 is 9.47 Å². The average molecular weight is 689 g/mol. The van der Waals surface area contributed by atoms with Crippen molar-refractivity contribution in [3.05, 3.63) is 65.2 Å². The summed E-state index contributed by atoms with van der Waals surface area (Å²) in [5.74, 6) is 4.89. The Balaban J connectivity index is 1.17. The number of hydrogen-bond acceptors (Lipinski definition) is 8. The van der Waals surface area contributed by atoms with Crippen LogP contribution in [-0.4, -0.2) is 55.8 Å². The molecule has 0 atom stereocenters. The summed E-state index contributed by atoms with van der Waals surface area (Å²) in [4.78, 5) is 0. The summed E-state index contributed by atoms with van der Waals surface area (Å²) < 4.78 is 66.0. The number of unbranched alkanes of at least 4 members (excludes halogenated alkanes) is 6. The molecule has 0 N–H and O–H groups in total. The third-order valence-electron chi connectivity index (χ3n) is 9.80. The molecule has 4 aliphatic carbocycles. The Morgan fingerprint density at radius 1 is 0.532 bits per heavy atom. The van der Waals surface area contributed by atoms with Gasteiger partial charge in [0, 0.05) is 0 Å². The van der Waals surface area contributed by atoms with Gasteiger partial charge in [-0.15, -0.1) is 0 Å². The van der Waals surface area contributed by atoms with E-state index in [1.807, 2.05) is 0 Å². The lowest BCUT2D eigenvalue weighted by atomic mass is 9.53. The van der Waals surface area contributed by atoms with Gasteiger partial charge in [0.15, 0.2) is 0 Å². The molecule has 0 spiro atoms. The predicted molar refractivity (Wildman–Crippen MR) is 185 cm³/mol. The number of ether oxygens (including phenoxy) is 2. The first-order valence-electron chi connectivity index (χ1n) is 17.4. The van der Waals surface area contributed by atoms with E-state index in [9.17, 15) is 16.8 Å². The molecule has 47 heavy (non-hydrogen) atoms. The lowest BCUT2D eigenvalue weighted by Gasteiger charge is -2.52.